The van der Waals surface area contributed by atoms with Gasteiger partial charge in [-0.25, -0.2) is 0 Å². The van der Waals surface area contributed by atoms with E-state index in [0.717, 1.165) is 18.6 Å². The highest BCUT2D eigenvalue weighted by atomic mass is 32.2. The topological polar surface area (TPSA) is 64.6 Å². The molecule has 1 N–H and O–H groups in total. The standard InChI is InChI=1S/C22H25NO4S/c24-19(17-8-10-20-21(16-17)27-14-5-13-26-20)9-11-22(25)23-12-4-15-28-18-6-2-1-3-7-18/h1-3,6-8,10,16H,4-5,9,11-15H2,(H,23,25). The Labute approximate surface area is 169 Å². The van der Waals surface area contributed by atoms with E-state index in [1.54, 1.807) is 30.0 Å². The third kappa shape index (κ3) is 6.30. The molecule has 0 unspecified atom stereocenters. The van der Waals surface area contributed by atoms with Crippen LogP contribution in [0.5, 0.6) is 11.5 Å². The SMILES string of the molecule is O=C(CCC(=O)c1ccc2c(c1)OCCCO2)NCCCSc1ccccc1. The van der Waals surface area contributed by atoms with Gasteiger partial charge in [0, 0.05) is 36.3 Å². The quantitative estimate of drug-likeness (QED) is 0.391. The Morgan fingerprint density at radius 3 is 2.57 bits per heavy atom. The fraction of sp³-hybridized carbons (Fsp3) is 0.364. The van der Waals surface area contributed by atoms with E-state index in [1.807, 2.05) is 18.2 Å². The number of ketones is 1. The Balaban J connectivity index is 1.35. The van der Waals surface area contributed by atoms with Crippen LogP contribution < -0.4 is 14.8 Å². The van der Waals surface area contributed by atoms with E-state index in [-0.39, 0.29) is 24.5 Å². The summed E-state index contributed by atoms with van der Waals surface area (Å²) in [5.41, 5.74) is 0.552. The van der Waals surface area contributed by atoms with Crippen LogP contribution >= 0.6 is 11.8 Å². The Morgan fingerprint density at radius 2 is 1.75 bits per heavy atom. The Bertz CT molecular complexity index is 794. The van der Waals surface area contributed by atoms with Crippen molar-refractivity contribution in [3.63, 3.8) is 0 Å². The highest BCUT2D eigenvalue weighted by Crippen LogP contribution is 2.30. The van der Waals surface area contributed by atoms with Crippen LogP contribution in [0, 0.1) is 0 Å². The summed E-state index contributed by atoms with van der Waals surface area (Å²) < 4.78 is 11.2. The van der Waals surface area contributed by atoms with Gasteiger partial charge in [-0.1, -0.05) is 18.2 Å². The molecule has 3 rings (SSSR count). The average molecular weight is 400 g/mol. The van der Waals surface area contributed by atoms with Crippen LogP contribution in [-0.2, 0) is 4.79 Å². The van der Waals surface area contributed by atoms with Gasteiger partial charge in [0.25, 0.3) is 0 Å². The Hall–Kier alpha value is -2.47. The van der Waals surface area contributed by atoms with Crippen molar-refractivity contribution in [2.24, 2.45) is 0 Å². The van der Waals surface area contributed by atoms with E-state index in [1.165, 1.54) is 4.90 Å². The third-order valence-corrected chi connectivity index (χ3v) is 5.40. The summed E-state index contributed by atoms with van der Waals surface area (Å²) in [5, 5.41) is 2.88. The summed E-state index contributed by atoms with van der Waals surface area (Å²) in [4.78, 5) is 25.6. The number of carbonyl (C=O) groups excluding carboxylic acids is 2. The monoisotopic (exact) mass is 399 g/mol. The summed E-state index contributed by atoms with van der Waals surface area (Å²) in [6.07, 6.45) is 2.09. The number of hydrogen-bond acceptors (Lipinski definition) is 5. The maximum absolute atomic E-state index is 12.4. The molecule has 0 bridgehead atoms. The number of ether oxygens (including phenoxy) is 2. The summed E-state index contributed by atoms with van der Waals surface area (Å²) in [6.45, 7) is 1.82. The second kappa shape index (κ2) is 10.8. The fourth-order valence-electron chi connectivity index (χ4n) is 2.80. The predicted molar refractivity (Wildman–Crippen MR) is 110 cm³/mol. The number of carbonyl (C=O) groups is 2. The van der Waals surface area contributed by atoms with E-state index in [9.17, 15) is 9.59 Å². The lowest BCUT2D eigenvalue weighted by Gasteiger charge is -2.09. The summed E-state index contributed by atoms with van der Waals surface area (Å²) in [7, 11) is 0. The van der Waals surface area contributed by atoms with Crippen LogP contribution in [-0.4, -0.2) is 37.2 Å². The number of hydrogen-bond donors (Lipinski definition) is 1. The van der Waals surface area contributed by atoms with Crippen molar-refractivity contribution < 1.29 is 19.1 Å². The number of nitrogens with one attached hydrogen (secondary N) is 1. The molecule has 2 aromatic rings. The van der Waals surface area contributed by atoms with E-state index in [0.29, 0.717) is 36.8 Å². The molecule has 28 heavy (non-hydrogen) atoms. The zero-order valence-corrected chi connectivity index (χ0v) is 16.6. The summed E-state index contributed by atoms with van der Waals surface area (Å²) in [5.74, 6) is 2.06. The second-order valence-electron chi connectivity index (χ2n) is 6.50. The van der Waals surface area contributed by atoms with Gasteiger partial charge in [-0.15, -0.1) is 11.8 Å². The maximum Gasteiger partial charge on any atom is 0.220 e. The van der Waals surface area contributed by atoms with Gasteiger partial charge in [-0.05, 0) is 42.5 Å². The molecule has 0 fully saturated rings. The van der Waals surface area contributed by atoms with Crippen molar-refractivity contribution in [3.8, 4) is 11.5 Å². The molecule has 6 heteroatoms. The number of amides is 1. The molecule has 2 aromatic carbocycles. The van der Waals surface area contributed by atoms with Crippen LogP contribution in [0.4, 0.5) is 0 Å². The average Bonchev–Trinajstić information content (AvgIpc) is 2.97. The molecule has 0 saturated carbocycles. The molecule has 1 heterocycles. The van der Waals surface area contributed by atoms with Gasteiger partial charge in [0.2, 0.25) is 5.91 Å². The van der Waals surface area contributed by atoms with Gasteiger partial charge >= 0.3 is 0 Å². The van der Waals surface area contributed by atoms with E-state index in [2.05, 4.69) is 17.4 Å². The zero-order chi connectivity index (χ0) is 19.6. The molecule has 1 amide bonds. The molecule has 0 aliphatic carbocycles. The first kappa shape index (κ1) is 20.3. The van der Waals surface area contributed by atoms with Gasteiger partial charge in [-0.3, -0.25) is 9.59 Å². The normalized spacial score (nSPS) is 12.9. The minimum absolute atomic E-state index is 0.0644. The number of rotatable bonds is 9. The molecular weight excluding hydrogens is 374 g/mol. The smallest absolute Gasteiger partial charge is 0.220 e. The number of benzene rings is 2. The summed E-state index contributed by atoms with van der Waals surface area (Å²) >= 11 is 1.77. The maximum atomic E-state index is 12.4. The van der Waals surface area contributed by atoms with Crippen molar-refractivity contribution in [2.45, 2.75) is 30.6 Å². The predicted octanol–water partition coefficient (Wildman–Crippen LogP) is 4.11. The number of fused-ring (bicyclic) bond motifs is 1. The third-order valence-electron chi connectivity index (χ3n) is 4.30. The summed E-state index contributed by atoms with van der Waals surface area (Å²) in [6, 6.07) is 15.4. The minimum Gasteiger partial charge on any atom is -0.490 e. The molecule has 0 aromatic heterocycles. The molecule has 0 spiro atoms. The van der Waals surface area contributed by atoms with Gasteiger partial charge in [-0.2, -0.15) is 0 Å². The molecule has 1 aliphatic rings. The van der Waals surface area contributed by atoms with Gasteiger partial charge in [0.15, 0.2) is 17.3 Å². The number of thioether (sulfide) groups is 1. The molecule has 0 saturated heterocycles. The largest absolute Gasteiger partial charge is 0.490 e. The van der Waals surface area contributed by atoms with E-state index in [4.69, 9.17) is 9.47 Å². The first-order valence-corrected chi connectivity index (χ1v) is 10.6. The van der Waals surface area contributed by atoms with Crippen molar-refractivity contribution in [2.75, 3.05) is 25.5 Å². The van der Waals surface area contributed by atoms with Gasteiger partial charge in [0.05, 0.1) is 13.2 Å². The van der Waals surface area contributed by atoms with Crippen molar-refractivity contribution in [1.29, 1.82) is 0 Å². The lowest BCUT2D eigenvalue weighted by molar-refractivity contribution is -0.121. The van der Waals surface area contributed by atoms with Crippen molar-refractivity contribution >= 4 is 23.5 Å². The first-order valence-electron chi connectivity index (χ1n) is 9.60. The van der Waals surface area contributed by atoms with Crippen LogP contribution in [0.3, 0.4) is 0 Å². The Kier molecular flexibility index (Phi) is 7.79. The zero-order valence-electron chi connectivity index (χ0n) is 15.8. The fourth-order valence-corrected chi connectivity index (χ4v) is 3.68. The molecule has 5 nitrogen and oxygen atoms in total. The minimum atomic E-state index is -0.0904. The van der Waals surface area contributed by atoms with E-state index >= 15 is 0 Å². The van der Waals surface area contributed by atoms with Gasteiger partial charge < -0.3 is 14.8 Å². The Morgan fingerprint density at radius 1 is 0.964 bits per heavy atom. The lowest BCUT2D eigenvalue weighted by atomic mass is 10.1. The van der Waals surface area contributed by atoms with Gasteiger partial charge in [0.1, 0.15) is 0 Å². The number of Topliss-reactive ketones (excluding diaryl/α,β-unsaturated/α-hetero) is 1. The van der Waals surface area contributed by atoms with Crippen molar-refractivity contribution in [3.05, 3.63) is 54.1 Å². The highest BCUT2D eigenvalue weighted by molar-refractivity contribution is 7.99. The molecule has 148 valence electrons. The van der Waals surface area contributed by atoms with Crippen LogP contribution in [0.1, 0.15) is 36.0 Å². The molecular formula is C22H25NO4S. The molecule has 0 atom stereocenters. The lowest BCUT2D eigenvalue weighted by Crippen LogP contribution is -2.25. The highest BCUT2D eigenvalue weighted by Gasteiger charge is 2.15. The van der Waals surface area contributed by atoms with Crippen LogP contribution in [0.25, 0.3) is 0 Å². The van der Waals surface area contributed by atoms with Crippen molar-refractivity contribution in [1.82, 2.24) is 5.32 Å². The first-order chi connectivity index (χ1) is 13.7. The van der Waals surface area contributed by atoms with E-state index < -0.39 is 0 Å². The van der Waals surface area contributed by atoms with Crippen LogP contribution in [0.15, 0.2) is 53.4 Å². The van der Waals surface area contributed by atoms with Crippen LogP contribution in [0.2, 0.25) is 0 Å². The second-order valence-corrected chi connectivity index (χ2v) is 7.67. The molecule has 0 radical (unpaired) electrons. The molecule has 1 aliphatic heterocycles.